The lowest BCUT2D eigenvalue weighted by Gasteiger charge is -2.20. The summed E-state index contributed by atoms with van der Waals surface area (Å²) in [4.78, 5) is 24.1. The quantitative estimate of drug-likeness (QED) is 0.667. The molecule has 0 spiro atoms. The van der Waals surface area contributed by atoms with Gasteiger partial charge in [-0.05, 0) is 30.4 Å². The molecular weight excluding hydrogens is 310 g/mol. The maximum atomic E-state index is 12.8. The Morgan fingerprint density at radius 3 is 1.92 bits per heavy atom. The standard InChI is InChI=1S/C22H27NO2/c1-2-3-14-21(17-24)23-22(25)20(15-18-10-6-4-7-11-18)16-19-12-8-5-9-13-19/h4-13,17,20-21H,2-3,14-16H2,1H3,(H,23,25). The summed E-state index contributed by atoms with van der Waals surface area (Å²) in [6, 6.07) is 19.7. The van der Waals surface area contributed by atoms with E-state index >= 15 is 0 Å². The molecule has 0 saturated heterocycles. The van der Waals surface area contributed by atoms with Gasteiger partial charge in [-0.2, -0.15) is 0 Å². The maximum Gasteiger partial charge on any atom is 0.224 e. The summed E-state index contributed by atoms with van der Waals surface area (Å²) in [5.74, 6) is -0.227. The van der Waals surface area contributed by atoms with Crippen molar-refractivity contribution in [3.63, 3.8) is 0 Å². The van der Waals surface area contributed by atoms with Gasteiger partial charge in [-0.25, -0.2) is 0 Å². The van der Waals surface area contributed by atoms with E-state index in [2.05, 4.69) is 12.2 Å². The highest BCUT2D eigenvalue weighted by Gasteiger charge is 2.22. The van der Waals surface area contributed by atoms with Crippen LogP contribution in [-0.4, -0.2) is 18.2 Å². The van der Waals surface area contributed by atoms with Gasteiger partial charge in [-0.1, -0.05) is 80.4 Å². The van der Waals surface area contributed by atoms with Crippen LogP contribution in [0.5, 0.6) is 0 Å². The lowest BCUT2D eigenvalue weighted by molar-refractivity contribution is -0.127. The van der Waals surface area contributed by atoms with Crippen molar-refractivity contribution in [2.24, 2.45) is 5.92 Å². The third-order valence-electron chi connectivity index (χ3n) is 4.38. The molecule has 2 rings (SSSR count). The van der Waals surface area contributed by atoms with Crippen LogP contribution in [-0.2, 0) is 22.4 Å². The van der Waals surface area contributed by atoms with E-state index in [-0.39, 0.29) is 17.9 Å². The first-order valence-corrected chi connectivity index (χ1v) is 9.06. The molecule has 0 bridgehead atoms. The third kappa shape index (κ3) is 6.54. The monoisotopic (exact) mass is 337 g/mol. The van der Waals surface area contributed by atoms with E-state index in [0.717, 1.165) is 30.3 Å². The number of aldehydes is 1. The van der Waals surface area contributed by atoms with Crippen LogP contribution in [0.15, 0.2) is 60.7 Å². The van der Waals surface area contributed by atoms with Gasteiger partial charge >= 0.3 is 0 Å². The first-order chi connectivity index (χ1) is 12.2. The fourth-order valence-electron chi connectivity index (χ4n) is 2.95. The molecule has 1 unspecified atom stereocenters. The fourth-order valence-corrected chi connectivity index (χ4v) is 2.95. The normalized spacial score (nSPS) is 11.9. The Bertz CT molecular complexity index is 598. The second-order valence-corrected chi connectivity index (χ2v) is 6.47. The van der Waals surface area contributed by atoms with E-state index < -0.39 is 0 Å². The van der Waals surface area contributed by atoms with Gasteiger partial charge in [0.15, 0.2) is 0 Å². The van der Waals surface area contributed by atoms with Gasteiger partial charge in [-0.3, -0.25) is 4.79 Å². The molecule has 0 radical (unpaired) electrons. The predicted molar refractivity (Wildman–Crippen MR) is 101 cm³/mol. The molecule has 0 saturated carbocycles. The second-order valence-electron chi connectivity index (χ2n) is 6.47. The number of amides is 1. The highest BCUT2D eigenvalue weighted by Crippen LogP contribution is 2.16. The van der Waals surface area contributed by atoms with Gasteiger partial charge in [-0.15, -0.1) is 0 Å². The van der Waals surface area contributed by atoms with E-state index in [1.807, 2.05) is 60.7 Å². The van der Waals surface area contributed by atoms with Crippen LogP contribution in [0, 0.1) is 5.92 Å². The SMILES string of the molecule is CCCCC(C=O)NC(=O)C(Cc1ccccc1)Cc1ccccc1. The molecule has 1 N–H and O–H groups in total. The predicted octanol–water partition coefficient (Wildman–Crippen LogP) is 3.96. The summed E-state index contributed by atoms with van der Waals surface area (Å²) in [5, 5.41) is 2.94. The molecule has 3 nitrogen and oxygen atoms in total. The van der Waals surface area contributed by atoms with Crippen LogP contribution >= 0.6 is 0 Å². The zero-order valence-corrected chi connectivity index (χ0v) is 14.9. The van der Waals surface area contributed by atoms with Crippen molar-refractivity contribution in [1.29, 1.82) is 0 Å². The molecule has 3 heteroatoms. The molecule has 1 atom stereocenters. The van der Waals surface area contributed by atoms with Crippen molar-refractivity contribution in [3.05, 3.63) is 71.8 Å². The highest BCUT2D eigenvalue weighted by atomic mass is 16.2. The number of carbonyl (C=O) groups excluding carboxylic acids is 2. The first-order valence-electron chi connectivity index (χ1n) is 9.06. The number of unbranched alkanes of at least 4 members (excludes halogenated alkanes) is 1. The number of rotatable bonds is 10. The van der Waals surface area contributed by atoms with E-state index in [1.165, 1.54) is 0 Å². The molecule has 0 aliphatic carbocycles. The molecule has 0 aliphatic rings. The van der Waals surface area contributed by atoms with Gasteiger partial charge in [0.2, 0.25) is 5.91 Å². The van der Waals surface area contributed by atoms with Crippen LogP contribution < -0.4 is 5.32 Å². The van der Waals surface area contributed by atoms with Crippen molar-refractivity contribution in [3.8, 4) is 0 Å². The summed E-state index contributed by atoms with van der Waals surface area (Å²) in [5.41, 5.74) is 2.27. The van der Waals surface area contributed by atoms with Gasteiger partial charge in [0.25, 0.3) is 0 Å². The van der Waals surface area contributed by atoms with Gasteiger partial charge in [0, 0.05) is 5.92 Å². The molecular formula is C22H27NO2. The molecule has 0 aromatic heterocycles. The number of carbonyl (C=O) groups is 2. The van der Waals surface area contributed by atoms with Crippen LogP contribution in [0.25, 0.3) is 0 Å². The number of hydrogen-bond donors (Lipinski definition) is 1. The topological polar surface area (TPSA) is 46.2 Å². The number of nitrogens with one attached hydrogen (secondary N) is 1. The van der Waals surface area contributed by atoms with E-state index in [4.69, 9.17) is 0 Å². The van der Waals surface area contributed by atoms with E-state index in [9.17, 15) is 9.59 Å². The maximum absolute atomic E-state index is 12.8. The minimum atomic E-state index is -0.388. The second kappa shape index (κ2) is 10.4. The molecule has 0 aliphatic heterocycles. The smallest absolute Gasteiger partial charge is 0.224 e. The average Bonchev–Trinajstić information content (AvgIpc) is 2.66. The van der Waals surface area contributed by atoms with Crippen LogP contribution in [0.3, 0.4) is 0 Å². The van der Waals surface area contributed by atoms with Crippen LogP contribution in [0.4, 0.5) is 0 Å². The van der Waals surface area contributed by atoms with E-state index in [0.29, 0.717) is 19.3 Å². The molecule has 2 aromatic carbocycles. The minimum absolute atomic E-state index is 0.0408. The zero-order chi connectivity index (χ0) is 17.9. The molecule has 132 valence electrons. The Balaban J connectivity index is 2.09. The molecule has 2 aromatic rings. The van der Waals surface area contributed by atoms with Crippen LogP contribution in [0.1, 0.15) is 37.3 Å². The zero-order valence-electron chi connectivity index (χ0n) is 14.9. The summed E-state index contributed by atoms with van der Waals surface area (Å²) in [6.07, 6.45) is 4.84. The molecule has 1 amide bonds. The lowest BCUT2D eigenvalue weighted by Crippen LogP contribution is -2.41. The largest absolute Gasteiger partial charge is 0.346 e. The Morgan fingerprint density at radius 2 is 1.48 bits per heavy atom. The Morgan fingerprint density at radius 1 is 0.960 bits per heavy atom. The van der Waals surface area contributed by atoms with Gasteiger partial charge in [0.05, 0.1) is 6.04 Å². The van der Waals surface area contributed by atoms with Crippen molar-refractivity contribution in [2.75, 3.05) is 0 Å². The summed E-state index contributed by atoms with van der Waals surface area (Å²) >= 11 is 0. The Labute approximate surface area is 150 Å². The van der Waals surface area contributed by atoms with Crippen LogP contribution in [0.2, 0.25) is 0 Å². The van der Waals surface area contributed by atoms with Crippen molar-refractivity contribution in [2.45, 2.75) is 45.1 Å². The minimum Gasteiger partial charge on any atom is -0.346 e. The molecule has 25 heavy (non-hydrogen) atoms. The summed E-state index contributed by atoms with van der Waals surface area (Å²) in [6.45, 7) is 2.08. The molecule has 0 heterocycles. The van der Waals surface area contributed by atoms with E-state index in [1.54, 1.807) is 0 Å². The lowest BCUT2D eigenvalue weighted by atomic mass is 9.91. The Hall–Kier alpha value is -2.42. The molecule has 0 fully saturated rings. The first kappa shape index (κ1) is 18.9. The van der Waals surface area contributed by atoms with Gasteiger partial charge < -0.3 is 10.1 Å². The fraction of sp³-hybridized carbons (Fsp3) is 0.364. The third-order valence-corrected chi connectivity index (χ3v) is 4.38. The van der Waals surface area contributed by atoms with Crippen molar-refractivity contribution < 1.29 is 9.59 Å². The Kier molecular flexibility index (Phi) is 7.90. The average molecular weight is 337 g/mol. The summed E-state index contributed by atoms with van der Waals surface area (Å²) in [7, 11) is 0. The number of benzene rings is 2. The number of hydrogen-bond acceptors (Lipinski definition) is 2. The van der Waals surface area contributed by atoms with Crippen molar-refractivity contribution >= 4 is 12.2 Å². The highest BCUT2D eigenvalue weighted by molar-refractivity contribution is 5.82. The van der Waals surface area contributed by atoms with Gasteiger partial charge in [0.1, 0.15) is 6.29 Å². The summed E-state index contributed by atoms with van der Waals surface area (Å²) < 4.78 is 0. The van der Waals surface area contributed by atoms with Crippen molar-refractivity contribution in [1.82, 2.24) is 5.32 Å².